The molecular weight excluding hydrogens is 312 g/mol. The first-order chi connectivity index (χ1) is 9.37. The molecule has 0 bridgehead atoms. The number of hydrogen-bond acceptors (Lipinski definition) is 6. The molecule has 0 spiro atoms. The quantitative estimate of drug-likeness (QED) is 0.648. The van der Waals surface area contributed by atoms with Crippen molar-refractivity contribution in [3.63, 3.8) is 0 Å². The Morgan fingerprint density at radius 3 is 0.905 bits per heavy atom. The molecule has 0 radical (unpaired) electrons. The fourth-order valence-corrected chi connectivity index (χ4v) is 0.408. The molecular formula is C14H30O6Ti. The van der Waals surface area contributed by atoms with Crippen molar-refractivity contribution >= 4 is 11.9 Å². The molecule has 0 atom stereocenters. The molecule has 0 aliphatic carbocycles. The number of aliphatic hydroxyl groups excluding tert-OH is 2. The van der Waals surface area contributed by atoms with E-state index in [-0.39, 0.29) is 34.6 Å². The van der Waals surface area contributed by atoms with E-state index in [1.807, 2.05) is 13.8 Å². The maximum Gasteiger partial charge on any atom is 2.00 e. The normalized spacial score (nSPS) is 7.52. The standard InChI is InChI=1S/2C4H8O2.2C3H8O.Ti/c2*1-2-3-4(5)6;2*1-2-3-4;/h2*2-3H2,1H3,(H,5,6);2*4H,2-3H2,1H3;/q;;;;+2/p-2. The van der Waals surface area contributed by atoms with Crippen LogP contribution in [0, 0.1) is 0 Å². The molecule has 0 aromatic heterocycles. The number of rotatable bonds is 6. The topological polar surface area (TPSA) is 121 Å². The molecule has 2 N–H and O–H groups in total. The molecule has 0 aromatic rings. The fourth-order valence-electron chi connectivity index (χ4n) is 0.408. The van der Waals surface area contributed by atoms with Crippen LogP contribution in [0.1, 0.15) is 66.2 Å². The number of aliphatic carboxylic acids is 2. The summed E-state index contributed by atoms with van der Waals surface area (Å²) < 4.78 is 0. The van der Waals surface area contributed by atoms with E-state index in [9.17, 15) is 19.8 Å². The average Bonchev–Trinajstić information content (AvgIpc) is 2.39. The van der Waals surface area contributed by atoms with Gasteiger partial charge in [0.1, 0.15) is 0 Å². The van der Waals surface area contributed by atoms with Crippen molar-refractivity contribution in [2.75, 3.05) is 13.2 Å². The van der Waals surface area contributed by atoms with Gasteiger partial charge in [0.2, 0.25) is 0 Å². The summed E-state index contributed by atoms with van der Waals surface area (Å²) in [6.45, 7) is 8.10. The van der Waals surface area contributed by atoms with Crippen molar-refractivity contribution in [2.45, 2.75) is 66.2 Å². The Morgan fingerprint density at radius 1 is 0.714 bits per heavy atom. The van der Waals surface area contributed by atoms with Crippen molar-refractivity contribution in [2.24, 2.45) is 0 Å². The third-order valence-electron chi connectivity index (χ3n) is 1.36. The molecule has 0 saturated heterocycles. The minimum Gasteiger partial charge on any atom is -0.550 e. The van der Waals surface area contributed by atoms with Gasteiger partial charge in [-0.15, -0.1) is 0 Å². The molecule has 126 valence electrons. The zero-order valence-electron chi connectivity index (χ0n) is 13.7. The molecule has 0 aliphatic rings. The maximum absolute atomic E-state index is 9.49. The Labute approximate surface area is 143 Å². The van der Waals surface area contributed by atoms with Gasteiger partial charge >= 0.3 is 21.7 Å². The van der Waals surface area contributed by atoms with E-state index in [0.717, 1.165) is 12.8 Å². The molecule has 7 heteroatoms. The molecule has 0 unspecified atom stereocenters. The van der Waals surface area contributed by atoms with Crippen LogP contribution in [0.3, 0.4) is 0 Å². The van der Waals surface area contributed by atoms with Crippen molar-refractivity contribution in [1.82, 2.24) is 0 Å². The van der Waals surface area contributed by atoms with E-state index in [4.69, 9.17) is 10.2 Å². The van der Waals surface area contributed by atoms with E-state index in [1.165, 1.54) is 0 Å². The first-order valence-corrected chi connectivity index (χ1v) is 6.98. The van der Waals surface area contributed by atoms with Crippen molar-refractivity contribution in [3.05, 3.63) is 0 Å². The van der Waals surface area contributed by atoms with E-state index >= 15 is 0 Å². The monoisotopic (exact) mass is 342 g/mol. The van der Waals surface area contributed by atoms with E-state index in [1.54, 1.807) is 13.8 Å². The Bertz CT molecular complexity index is 164. The smallest absolute Gasteiger partial charge is 0.550 e. The molecule has 6 nitrogen and oxygen atoms in total. The number of hydrogen-bond donors (Lipinski definition) is 2. The zero-order valence-corrected chi connectivity index (χ0v) is 15.2. The van der Waals surface area contributed by atoms with Crippen molar-refractivity contribution in [1.29, 1.82) is 0 Å². The summed E-state index contributed by atoms with van der Waals surface area (Å²) in [6, 6.07) is 0. The first kappa shape index (κ1) is 32.5. The zero-order chi connectivity index (χ0) is 16.8. The second kappa shape index (κ2) is 36.7. The molecule has 0 amide bonds. The minimum absolute atomic E-state index is 0. The van der Waals surface area contributed by atoms with Gasteiger partial charge in [0.25, 0.3) is 0 Å². The van der Waals surface area contributed by atoms with Crippen LogP contribution in [-0.4, -0.2) is 35.4 Å². The molecule has 0 heterocycles. The van der Waals surface area contributed by atoms with E-state index < -0.39 is 11.9 Å². The fraction of sp³-hybridized carbons (Fsp3) is 0.857. The van der Waals surface area contributed by atoms with Gasteiger partial charge in [-0.3, -0.25) is 0 Å². The van der Waals surface area contributed by atoms with Crippen LogP contribution in [0.2, 0.25) is 0 Å². The van der Waals surface area contributed by atoms with Crippen LogP contribution in [0.15, 0.2) is 0 Å². The van der Waals surface area contributed by atoms with Crippen molar-refractivity contribution in [3.8, 4) is 0 Å². The van der Waals surface area contributed by atoms with Gasteiger partial charge in [-0.1, -0.05) is 40.5 Å². The van der Waals surface area contributed by atoms with Crippen LogP contribution in [0.25, 0.3) is 0 Å². The van der Waals surface area contributed by atoms with E-state index in [2.05, 4.69) is 0 Å². The number of carboxylic acid groups (broad SMARTS) is 2. The average molecular weight is 342 g/mol. The first-order valence-electron chi connectivity index (χ1n) is 6.98. The maximum atomic E-state index is 9.49. The summed E-state index contributed by atoms with van der Waals surface area (Å²) in [7, 11) is 0. The van der Waals surface area contributed by atoms with Gasteiger partial charge in [0, 0.05) is 25.2 Å². The molecule has 0 rings (SSSR count). The van der Waals surface area contributed by atoms with Crippen LogP contribution in [0.5, 0.6) is 0 Å². The van der Waals surface area contributed by atoms with Gasteiger partial charge < -0.3 is 30.0 Å². The molecule has 0 fully saturated rings. The van der Waals surface area contributed by atoms with Gasteiger partial charge in [-0.2, -0.15) is 0 Å². The summed E-state index contributed by atoms with van der Waals surface area (Å²) in [4.78, 5) is 19.0. The third-order valence-corrected chi connectivity index (χ3v) is 1.36. The van der Waals surface area contributed by atoms with Gasteiger partial charge in [0.05, 0.1) is 0 Å². The minimum atomic E-state index is -0.961. The second-order valence-electron chi connectivity index (χ2n) is 3.69. The predicted octanol–water partition coefficient (Wildman–Crippen LogP) is -0.152. The Kier molecular flexibility index (Phi) is 56.7. The third kappa shape index (κ3) is 105. The van der Waals surface area contributed by atoms with E-state index in [0.29, 0.717) is 26.1 Å². The molecule has 0 aliphatic heterocycles. The summed E-state index contributed by atoms with van der Waals surface area (Å²) in [5, 5.41) is 34.7. The van der Waals surface area contributed by atoms with Crippen molar-refractivity contribution < 1.29 is 51.7 Å². The SMILES string of the molecule is CCCC(=O)[O-].CCCC(=O)[O-].CCCO.CCCO.[Ti+2]. The molecule has 0 aromatic carbocycles. The van der Waals surface area contributed by atoms with Crippen LogP contribution >= 0.6 is 0 Å². The largest absolute Gasteiger partial charge is 2.00 e. The van der Waals surface area contributed by atoms with Crippen LogP contribution in [-0.2, 0) is 31.3 Å². The van der Waals surface area contributed by atoms with Gasteiger partial charge in [-0.05, 0) is 25.7 Å². The number of carbonyl (C=O) groups excluding carboxylic acids is 2. The van der Waals surface area contributed by atoms with Gasteiger partial charge in [0.15, 0.2) is 0 Å². The Morgan fingerprint density at radius 2 is 0.905 bits per heavy atom. The summed E-state index contributed by atoms with van der Waals surface area (Å²) in [6.07, 6.45) is 3.45. The molecule has 21 heavy (non-hydrogen) atoms. The number of aliphatic hydroxyl groups is 2. The number of carbonyl (C=O) groups is 2. The number of carboxylic acids is 2. The summed E-state index contributed by atoms with van der Waals surface area (Å²) in [5.41, 5.74) is 0. The second-order valence-corrected chi connectivity index (χ2v) is 3.69. The summed E-state index contributed by atoms with van der Waals surface area (Å²) in [5.74, 6) is -1.92. The summed E-state index contributed by atoms with van der Waals surface area (Å²) >= 11 is 0. The Balaban J connectivity index is -0.0000000544. The molecule has 0 saturated carbocycles. The van der Waals surface area contributed by atoms with Gasteiger partial charge in [-0.25, -0.2) is 0 Å². The van der Waals surface area contributed by atoms with Crippen LogP contribution < -0.4 is 10.2 Å². The Hall–Kier alpha value is -0.426. The predicted molar refractivity (Wildman–Crippen MR) is 74.6 cm³/mol. The van der Waals surface area contributed by atoms with Crippen LogP contribution in [0.4, 0.5) is 0 Å².